The molecule has 1 heterocycles. The quantitative estimate of drug-likeness (QED) is 0.607. The van der Waals surface area contributed by atoms with Crippen LogP contribution in [0.25, 0.3) is 0 Å². The fourth-order valence-corrected chi connectivity index (χ4v) is 3.96. The SMILES string of the molecule is COc1cc(NC(=O)CC(NC(C)=O)c2ccc(Cl)cc2)c(C(=O)N2CCCC2)cc1OC. The highest BCUT2D eigenvalue weighted by atomic mass is 35.5. The number of likely N-dealkylation sites (tertiary alicyclic amines) is 1. The molecule has 0 radical (unpaired) electrons. The zero-order chi connectivity index (χ0) is 24.0. The molecule has 1 aliphatic heterocycles. The van der Waals surface area contributed by atoms with Crippen LogP contribution in [-0.2, 0) is 9.59 Å². The molecule has 1 saturated heterocycles. The van der Waals surface area contributed by atoms with E-state index in [9.17, 15) is 14.4 Å². The largest absolute Gasteiger partial charge is 0.493 e. The summed E-state index contributed by atoms with van der Waals surface area (Å²) in [6, 6.07) is 9.52. The maximum absolute atomic E-state index is 13.1. The van der Waals surface area contributed by atoms with Crippen molar-refractivity contribution < 1.29 is 23.9 Å². The van der Waals surface area contributed by atoms with E-state index in [1.165, 1.54) is 21.1 Å². The minimum atomic E-state index is -0.558. The highest BCUT2D eigenvalue weighted by Crippen LogP contribution is 2.35. The molecule has 8 nitrogen and oxygen atoms in total. The summed E-state index contributed by atoms with van der Waals surface area (Å²) in [6.45, 7) is 2.73. The molecule has 1 atom stereocenters. The van der Waals surface area contributed by atoms with Crippen molar-refractivity contribution in [1.82, 2.24) is 10.2 Å². The molecule has 1 aliphatic rings. The number of rotatable bonds is 8. The van der Waals surface area contributed by atoms with Gasteiger partial charge >= 0.3 is 0 Å². The summed E-state index contributed by atoms with van der Waals surface area (Å²) in [6.07, 6.45) is 1.85. The Hall–Kier alpha value is -3.26. The van der Waals surface area contributed by atoms with Crippen LogP contribution in [-0.4, -0.2) is 49.9 Å². The summed E-state index contributed by atoms with van der Waals surface area (Å²) in [5.74, 6) is -0.0257. The summed E-state index contributed by atoms with van der Waals surface area (Å²) in [7, 11) is 2.98. The molecule has 2 N–H and O–H groups in total. The van der Waals surface area contributed by atoms with Gasteiger partial charge < -0.3 is 25.0 Å². The number of nitrogens with zero attached hydrogens (tertiary/aromatic N) is 1. The Balaban J connectivity index is 1.87. The molecule has 3 amide bonds. The summed E-state index contributed by atoms with van der Waals surface area (Å²) >= 11 is 5.96. The average molecular weight is 474 g/mol. The lowest BCUT2D eigenvalue weighted by Crippen LogP contribution is -2.31. The first-order valence-corrected chi connectivity index (χ1v) is 11.1. The number of halogens is 1. The lowest BCUT2D eigenvalue weighted by atomic mass is 10.0. The highest BCUT2D eigenvalue weighted by molar-refractivity contribution is 6.30. The predicted molar refractivity (Wildman–Crippen MR) is 126 cm³/mol. The number of benzene rings is 2. The fraction of sp³-hybridized carbons (Fsp3) is 0.375. The van der Waals surface area contributed by atoms with Crippen LogP contribution in [0.5, 0.6) is 11.5 Å². The van der Waals surface area contributed by atoms with E-state index in [4.69, 9.17) is 21.1 Å². The Kier molecular flexibility index (Phi) is 8.16. The Bertz CT molecular complexity index is 1020. The van der Waals surface area contributed by atoms with Crippen molar-refractivity contribution in [2.75, 3.05) is 32.6 Å². The number of methoxy groups -OCH3 is 2. The van der Waals surface area contributed by atoms with E-state index in [2.05, 4.69) is 10.6 Å². The van der Waals surface area contributed by atoms with Crippen molar-refractivity contribution in [2.45, 2.75) is 32.2 Å². The molecule has 0 aliphatic carbocycles. The average Bonchev–Trinajstić information content (AvgIpc) is 3.33. The lowest BCUT2D eigenvalue weighted by Gasteiger charge is -2.21. The number of amides is 3. The van der Waals surface area contributed by atoms with Gasteiger partial charge in [-0.25, -0.2) is 0 Å². The molecule has 3 rings (SSSR count). The number of nitrogens with one attached hydrogen (secondary N) is 2. The van der Waals surface area contributed by atoms with Crippen LogP contribution in [0.1, 0.15) is 48.1 Å². The highest BCUT2D eigenvalue weighted by Gasteiger charge is 2.26. The third-order valence-electron chi connectivity index (χ3n) is 5.46. The van der Waals surface area contributed by atoms with Crippen molar-refractivity contribution in [1.29, 1.82) is 0 Å². The summed E-state index contributed by atoms with van der Waals surface area (Å²) in [5, 5.41) is 6.17. The van der Waals surface area contributed by atoms with Crippen LogP contribution in [0.4, 0.5) is 5.69 Å². The number of ether oxygens (including phenoxy) is 2. The van der Waals surface area contributed by atoms with Gasteiger partial charge in [0.15, 0.2) is 11.5 Å². The molecular weight excluding hydrogens is 446 g/mol. The van der Waals surface area contributed by atoms with Gasteiger partial charge in [-0.2, -0.15) is 0 Å². The molecule has 0 spiro atoms. The Morgan fingerprint density at radius 1 is 1.03 bits per heavy atom. The van der Waals surface area contributed by atoms with Gasteiger partial charge in [0.1, 0.15) is 0 Å². The first kappa shape index (κ1) is 24.4. The number of hydrogen-bond acceptors (Lipinski definition) is 5. The predicted octanol–water partition coefficient (Wildman–Crippen LogP) is 3.80. The van der Waals surface area contributed by atoms with Crippen LogP contribution < -0.4 is 20.1 Å². The Labute approximate surface area is 198 Å². The van der Waals surface area contributed by atoms with Gasteiger partial charge in [0.05, 0.1) is 37.9 Å². The second kappa shape index (κ2) is 11.0. The zero-order valence-corrected chi connectivity index (χ0v) is 19.7. The molecule has 1 unspecified atom stereocenters. The molecule has 0 aromatic heterocycles. The molecular formula is C24H28ClN3O5. The smallest absolute Gasteiger partial charge is 0.256 e. The van der Waals surface area contributed by atoms with Gasteiger partial charge in [0.25, 0.3) is 5.91 Å². The van der Waals surface area contributed by atoms with Gasteiger partial charge in [-0.05, 0) is 36.6 Å². The first-order chi connectivity index (χ1) is 15.8. The van der Waals surface area contributed by atoms with Gasteiger partial charge in [-0.3, -0.25) is 14.4 Å². The van der Waals surface area contributed by atoms with Crippen molar-refractivity contribution in [3.63, 3.8) is 0 Å². The minimum absolute atomic E-state index is 0.0348. The summed E-state index contributed by atoms with van der Waals surface area (Å²) < 4.78 is 10.7. The number of anilines is 1. The topological polar surface area (TPSA) is 97.0 Å². The first-order valence-electron chi connectivity index (χ1n) is 10.7. The van der Waals surface area contributed by atoms with Gasteiger partial charge in [0.2, 0.25) is 11.8 Å². The summed E-state index contributed by atoms with van der Waals surface area (Å²) in [5.41, 5.74) is 1.39. The number of hydrogen-bond donors (Lipinski definition) is 2. The van der Waals surface area contributed by atoms with Crippen LogP contribution >= 0.6 is 11.6 Å². The van der Waals surface area contributed by atoms with E-state index >= 15 is 0 Å². The zero-order valence-electron chi connectivity index (χ0n) is 18.9. The normalized spacial score (nSPS) is 13.9. The van der Waals surface area contributed by atoms with Crippen LogP contribution in [0.15, 0.2) is 36.4 Å². The second-order valence-electron chi connectivity index (χ2n) is 7.81. The van der Waals surface area contributed by atoms with Crippen molar-refractivity contribution in [3.05, 3.63) is 52.5 Å². The van der Waals surface area contributed by atoms with E-state index in [-0.39, 0.29) is 24.1 Å². The summed E-state index contributed by atoms with van der Waals surface area (Å²) in [4.78, 5) is 39.6. The van der Waals surface area contributed by atoms with E-state index in [1.54, 1.807) is 41.3 Å². The van der Waals surface area contributed by atoms with Crippen molar-refractivity contribution in [2.24, 2.45) is 0 Å². The van der Waals surface area contributed by atoms with Crippen LogP contribution in [0.2, 0.25) is 5.02 Å². The third-order valence-corrected chi connectivity index (χ3v) is 5.71. The standard InChI is InChI=1S/C24H28ClN3O5/c1-15(29)26-19(16-6-8-17(25)9-7-16)14-23(30)27-20-13-22(33-3)21(32-2)12-18(20)24(31)28-10-4-5-11-28/h6-9,12-13,19H,4-5,10-11,14H2,1-3H3,(H,26,29)(H,27,30). The molecule has 0 bridgehead atoms. The van der Waals surface area contributed by atoms with Gasteiger partial charge in [0, 0.05) is 31.1 Å². The van der Waals surface area contributed by atoms with Gasteiger partial charge in [-0.1, -0.05) is 23.7 Å². The Morgan fingerprint density at radius 2 is 1.64 bits per heavy atom. The molecule has 176 valence electrons. The van der Waals surface area contributed by atoms with E-state index in [1.807, 2.05) is 0 Å². The molecule has 33 heavy (non-hydrogen) atoms. The number of carbonyl (C=O) groups excluding carboxylic acids is 3. The molecule has 2 aromatic carbocycles. The van der Waals surface area contributed by atoms with Crippen LogP contribution in [0.3, 0.4) is 0 Å². The van der Waals surface area contributed by atoms with Crippen molar-refractivity contribution >= 4 is 35.0 Å². The van der Waals surface area contributed by atoms with E-state index in [0.717, 1.165) is 18.4 Å². The fourth-order valence-electron chi connectivity index (χ4n) is 3.83. The van der Waals surface area contributed by atoms with Crippen LogP contribution in [0, 0.1) is 0 Å². The lowest BCUT2D eigenvalue weighted by molar-refractivity contribution is -0.120. The molecule has 1 fully saturated rings. The minimum Gasteiger partial charge on any atom is -0.493 e. The Morgan fingerprint density at radius 3 is 2.21 bits per heavy atom. The maximum Gasteiger partial charge on any atom is 0.256 e. The van der Waals surface area contributed by atoms with Gasteiger partial charge in [-0.15, -0.1) is 0 Å². The molecule has 2 aromatic rings. The third kappa shape index (κ3) is 6.16. The van der Waals surface area contributed by atoms with E-state index in [0.29, 0.717) is 40.9 Å². The maximum atomic E-state index is 13.1. The molecule has 9 heteroatoms. The monoisotopic (exact) mass is 473 g/mol. The molecule has 0 saturated carbocycles. The number of carbonyl (C=O) groups is 3. The van der Waals surface area contributed by atoms with Crippen molar-refractivity contribution in [3.8, 4) is 11.5 Å². The second-order valence-corrected chi connectivity index (χ2v) is 8.25. The van der Waals surface area contributed by atoms with E-state index < -0.39 is 6.04 Å².